The number of ether oxygens (including phenoxy) is 1. The van der Waals surface area contributed by atoms with E-state index >= 15 is 0 Å². The summed E-state index contributed by atoms with van der Waals surface area (Å²) in [5.41, 5.74) is 8.59. The second-order valence-electron chi connectivity index (χ2n) is 4.81. The lowest BCUT2D eigenvalue weighted by molar-refractivity contribution is -0.138. The van der Waals surface area contributed by atoms with Gasteiger partial charge in [0.2, 0.25) is 0 Å². The van der Waals surface area contributed by atoms with Crippen LogP contribution in [0.1, 0.15) is 30.5 Å². The Morgan fingerprint density at radius 2 is 2.00 bits per heavy atom. The van der Waals surface area contributed by atoms with Crippen LogP contribution in [-0.4, -0.2) is 23.2 Å². The third-order valence-electron chi connectivity index (χ3n) is 2.87. The van der Waals surface area contributed by atoms with Gasteiger partial charge in [-0.3, -0.25) is 4.79 Å². The predicted octanol–water partition coefficient (Wildman–Crippen LogP) is 2.05. The summed E-state index contributed by atoms with van der Waals surface area (Å²) in [7, 11) is 0. The first-order chi connectivity index (χ1) is 8.32. The summed E-state index contributed by atoms with van der Waals surface area (Å²) in [6.07, 6.45) is 0.323. The quantitative estimate of drug-likeness (QED) is 0.840. The van der Waals surface area contributed by atoms with Crippen molar-refractivity contribution in [1.29, 1.82) is 0 Å². The van der Waals surface area contributed by atoms with Gasteiger partial charge in [0, 0.05) is 6.42 Å². The molecule has 0 aliphatic heterocycles. The maximum absolute atomic E-state index is 10.8. The largest absolute Gasteiger partial charge is 0.490 e. The Labute approximate surface area is 108 Å². The predicted molar refractivity (Wildman–Crippen MR) is 71.0 cm³/mol. The highest BCUT2D eigenvalue weighted by molar-refractivity contribution is 5.73. The number of hydrogen-bond acceptors (Lipinski definition) is 3. The Balaban J connectivity index is 3.10. The van der Waals surface area contributed by atoms with E-state index in [-0.39, 0.29) is 12.5 Å². The average Bonchev–Trinajstić information content (AvgIpc) is 2.27. The zero-order valence-electron chi connectivity index (χ0n) is 11.4. The van der Waals surface area contributed by atoms with Crippen LogP contribution < -0.4 is 10.5 Å². The van der Waals surface area contributed by atoms with E-state index in [0.717, 1.165) is 22.4 Å². The minimum atomic E-state index is -0.997. The molecule has 0 spiro atoms. The van der Waals surface area contributed by atoms with Gasteiger partial charge in [0.15, 0.2) is 0 Å². The van der Waals surface area contributed by atoms with Gasteiger partial charge in [-0.05, 0) is 44.4 Å². The van der Waals surface area contributed by atoms with Crippen molar-refractivity contribution in [3.05, 3.63) is 28.8 Å². The number of carboxylic acid groups (broad SMARTS) is 1. The van der Waals surface area contributed by atoms with Crippen LogP contribution in [0.15, 0.2) is 12.1 Å². The van der Waals surface area contributed by atoms with Gasteiger partial charge in [-0.2, -0.15) is 0 Å². The lowest BCUT2D eigenvalue weighted by atomic mass is 9.99. The summed E-state index contributed by atoms with van der Waals surface area (Å²) in [5, 5.41) is 8.87. The standard InChI is InChI=1S/C14H21NO3/c1-8(2)18-13-10(4)9(3)5-6-11(13)7-12(15)14(16)17/h5-6,8,12H,7,15H2,1-4H3,(H,16,17). The van der Waals surface area contributed by atoms with E-state index in [4.69, 9.17) is 15.6 Å². The molecule has 0 aromatic heterocycles. The smallest absolute Gasteiger partial charge is 0.320 e. The normalized spacial score (nSPS) is 12.6. The molecule has 1 atom stereocenters. The van der Waals surface area contributed by atoms with Gasteiger partial charge < -0.3 is 15.6 Å². The van der Waals surface area contributed by atoms with Crippen molar-refractivity contribution in [2.75, 3.05) is 0 Å². The number of aliphatic carboxylic acids is 1. The maximum Gasteiger partial charge on any atom is 0.320 e. The van der Waals surface area contributed by atoms with E-state index < -0.39 is 12.0 Å². The third-order valence-corrected chi connectivity index (χ3v) is 2.87. The molecule has 3 N–H and O–H groups in total. The van der Waals surface area contributed by atoms with Crippen molar-refractivity contribution in [3.8, 4) is 5.75 Å². The van der Waals surface area contributed by atoms with Crippen LogP contribution in [-0.2, 0) is 11.2 Å². The molecule has 0 amide bonds. The lowest BCUT2D eigenvalue weighted by Gasteiger charge is -2.19. The molecule has 1 aromatic rings. The molecule has 0 saturated carbocycles. The minimum Gasteiger partial charge on any atom is -0.490 e. The van der Waals surface area contributed by atoms with E-state index in [1.165, 1.54) is 0 Å². The van der Waals surface area contributed by atoms with Crippen molar-refractivity contribution >= 4 is 5.97 Å². The van der Waals surface area contributed by atoms with E-state index in [9.17, 15) is 4.79 Å². The van der Waals surface area contributed by atoms with Gasteiger partial charge >= 0.3 is 5.97 Å². The SMILES string of the molecule is Cc1ccc(CC(N)C(=O)O)c(OC(C)C)c1C. The molecule has 0 saturated heterocycles. The van der Waals surface area contributed by atoms with Crippen molar-refractivity contribution in [3.63, 3.8) is 0 Å². The Morgan fingerprint density at radius 3 is 2.50 bits per heavy atom. The fraction of sp³-hybridized carbons (Fsp3) is 0.500. The first-order valence-electron chi connectivity index (χ1n) is 6.07. The summed E-state index contributed by atoms with van der Waals surface area (Å²) in [6.45, 7) is 7.87. The van der Waals surface area contributed by atoms with Crippen molar-refractivity contribution < 1.29 is 14.6 Å². The highest BCUT2D eigenvalue weighted by Crippen LogP contribution is 2.28. The summed E-state index contributed by atoms with van der Waals surface area (Å²) in [5.74, 6) is -0.231. The van der Waals surface area contributed by atoms with Crippen molar-refractivity contribution in [1.82, 2.24) is 0 Å². The monoisotopic (exact) mass is 251 g/mol. The summed E-state index contributed by atoms with van der Waals surface area (Å²) in [6, 6.07) is 2.96. The third kappa shape index (κ3) is 3.47. The molecule has 0 bridgehead atoms. The van der Waals surface area contributed by atoms with Crippen LogP contribution in [0.3, 0.4) is 0 Å². The van der Waals surface area contributed by atoms with E-state index in [1.807, 2.05) is 39.8 Å². The van der Waals surface area contributed by atoms with Crippen LogP contribution in [0.5, 0.6) is 5.75 Å². The molecule has 4 nitrogen and oxygen atoms in total. The Morgan fingerprint density at radius 1 is 1.39 bits per heavy atom. The first kappa shape index (κ1) is 14.5. The van der Waals surface area contributed by atoms with Crippen molar-refractivity contribution in [2.45, 2.75) is 46.3 Å². The fourth-order valence-electron chi connectivity index (χ4n) is 1.73. The molecular weight excluding hydrogens is 230 g/mol. The molecule has 100 valence electrons. The van der Waals surface area contributed by atoms with Gasteiger partial charge in [-0.25, -0.2) is 0 Å². The highest BCUT2D eigenvalue weighted by Gasteiger charge is 2.17. The molecule has 0 radical (unpaired) electrons. The van der Waals surface area contributed by atoms with Crippen LogP contribution in [0, 0.1) is 13.8 Å². The molecule has 18 heavy (non-hydrogen) atoms. The molecule has 0 fully saturated rings. The molecule has 0 aliphatic rings. The number of carbonyl (C=O) groups is 1. The van der Waals surface area contributed by atoms with Crippen LogP contribution in [0.25, 0.3) is 0 Å². The zero-order valence-corrected chi connectivity index (χ0v) is 11.4. The molecular formula is C14H21NO3. The fourth-order valence-corrected chi connectivity index (χ4v) is 1.73. The molecule has 1 aromatic carbocycles. The Kier molecular flexibility index (Phi) is 4.73. The number of rotatable bonds is 5. The Bertz CT molecular complexity index is 441. The van der Waals surface area contributed by atoms with Crippen LogP contribution in [0.2, 0.25) is 0 Å². The average molecular weight is 251 g/mol. The second kappa shape index (κ2) is 5.87. The zero-order chi connectivity index (χ0) is 13.9. The van der Waals surface area contributed by atoms with Crippen LogP contribution >= 0.6 is 0 Å². The molecule has 0 heterocycles. The van der Waals surface area contributed by atoms with Gasteiger partial charge in [-0.1, -0.05) is 12.1 Å². The second-order valence-corrected chi connectivity index (χ2v) is 4.81. The lowest BCUT2D eigenvalue weighted by Crippen LogP contribution is -2.32. The molecule has 4 heteroatoms. The number of hydrogen-bond donors (Lipinski definition) is 2. The molecule has 1 unspecified atom stereocenters. The van der Waals surface area contributed by atoms with Gasteiger partial charge in [0.1, 0.15) is 11.8 Å². The number of carboxylic acids is 1. The van der Waals surface area contributed by atoms with Gasteiger partial charge in [0.25, 0.3) is 0 Å². The van der Waals surface area contributed by atoms with E-state index in [1.54, 1.807) is 0 Å². The Hall–Kier alpha value is -1.55. The topological polar surface area (TPSA) is 72.6 Å². The summed E-state index contributed by atoms with van der Waals surface area (Å²) in [4.78, 5) is 10.8. The van der Waals surface area contributed by atoms with Gasteiger partial charge in [0.05, 0.1) is 6.10 Å². The van der Waals surface area contributed by atoms with Crippen molar-refractivity contribution in [2.24, 2.45) is 5.73 Å². The molecule has 1 rings (SSSR count). The number of nitrogens with two attached hydrogens (primary N) is 1. The molecule has 0 aliphatic carbocycles. The first-order valence-corrected chi connectivity index (χ1v) is 6.07. The van der Waals surface area contributed by atoms with Gasteiger partial charge in [-0.15, -0.1) is 0 Å². The highest BCUT2D eigenvalue weighted by atomic mass is 16.5. The summed E-state index contributed by atoms with van der Waals surface area (Å²) >= 11 is 0. The minimum absolute atomic E-state index is 0.0466. The van der Waals surface area contributed by atoms with E-state index in [0.29, 0.717) is 0 Å². The maximum atomic E-state index is 10.8. The number of benzene rings is 1. The van der Waals surface area contributed by atoms with Crippen LogP contribution in [0.4, 0.5) is 0 Å². The summed E-state index contributed by atoms with van der Waals surface area (Å²) < 4.78 is 5.79. The number of aryl methyl sites for hydroxylation is 1. The van der Waals surface area contributed by atoms with E-state index in [2.05, 4.69) is 0 Å².